The molecule has 136 valence electrons. The van der Waals surface area contributed by atoms with Crippen LogP contribution < -0.4 is 14.9 Å². The number of fused-ring (bicyclic) bond motifs is 1. The Kier molecular flexibility index (Phi) is 6.54. The van der Waals surface area contributed by atoms with Crippen LogP contribution >= 0.6 is 24.2 Å². The Bertz CT molecular complexity index is 922. The minimum Gasteiger partial charge on any atom is -0.480 e. The summed E-state index contributed by atoms with van der Waals surface area (Å²) in [5.41, 5.74) is 5.65. The quantitative estimate of drug-likeness (QED) is 0.331. The van der Waals surface area contributed by atoms with E-state index in [-0.39, 0.29) is 17.3 Å². The zero-order valence-electron chi connectivity index (χ0n) is 12.8. The van der Waals surface area contributed by atoms with Gasteiger partial charge in [0, 0.05) is 28.7 Å². The fourth-order valence-electron chi connectivity index (χ4n) is 1.94. The Morgan fingerprint density at radius 2 is 2.08 bits per heavy atom. The van der Waals surface area contributed by atoms with Gasteiger partial charge in [-0.25, -0.2) is 12.8 Å². The van der Waals surface area contributed by atoms with Crippen molar-refractivity contribution < 1.29 is 18.3 Å². The molecule has 1 aromatic carbocycles. The predicted octanol–water partition coefficient (Wildman–Crippen LogP) is 1.26. The van der Waals surface area contributed by atoms with Crippen LogP contribution in [-0.2, 0) is 14.8 Å². The van der Waals surface area contributed by atoms with Crippen molar-refractivity contribution >= 4 is 62.6 Å². The molecular weight excluding hydrogens is 393 g/mol. The van der Waals surface area contributed by atoms with Gasteiger partial charge in [-0.05, 0) is 19.1 Å². The molecule has 0 amide bonds. The maximum Gasteiger partial charge on any atom is 0.321 e. The van der Waals surface area contributed by atoms with E-state index in [2.05, 4.69) is 9.71 Å². The van der Waals surface area contributed by atoms with E-state index in [4.69, 9.17) is 28.0 Å². The van der Waals surface area contributed by atoms with E-state index in [0.717, 1.165) is 4.42 Å². The summed E-state index contributed by atoms with van der Waals surface area (Å²) in [6.07, 6.45) is 2.80. The SMILES string of the molecule is C[C@@H](NS(=O)(=O)c1ccc2c(N(Cl)C(=N)N)cncc2c1)C(=O)O.Cl. The van der Waals surface area contributed by atoms with Gasteiger partial charge >= 0.3 is 5.97 Å². The number of aliphatic carboxylic acids is 1. The van der Waals surface area contributed by atoms with Gasteiger partial charge in [0.05, 0.1) is 16.8 Å². The van der Waals surface area contributed by atoms with E-state index in [9.17, 15) is 13.2 Å². The molecule has 0 aliphatic rings. The Morgan fingerprint density at radius 1 is 1.44 bits per heavy atom. The third kappa shape index (κ3) is 4.48. The zero-order chi connectivity index (χ0) is 18.1. The van der Waals surface area contributed by atoms with Gasteiger partial charge in [-0.1, -0.05) is 6.07 Å². The summed E-state index contributed by atoms with van der Waals surface area (Å²) < 4.78 is 27.4. The average molecular weight is 408 g/mol. The monoisotopic (exact) mass is 407 g/mol. The van der Waals surface area contributed by atoms with Crippen LogP contribution in [0.3, 0.4) is 0 Å². The normalized spacial score (nSPS) is 12.2. The van der Waals surface area contributed by atoms with E-state index in [1.54, 1.807) is 0 Å². The molecule has 0 fully saturated rings. The van der Waals surface area contributed by atoms with Crippen LogP contribution in [0.4, 0.5) is 5.69 Å². The molecular formula is C13H15Cl2N5O4S. The minimum atomic E-state index is -4.02. The fourth-order valence-corrected chi connectivity index (χ4v) is 3.31. The van der Waals surface area contributed by atoms with E-state index in [0.29, 0.717) is 16.5 Å². The molecule has 2 aromatic rings. The highest BCUT2D eigenvalue weighted by atomic mass is 35.5. The first-order valence-electron chi connectivity index (χ1n) is 6.56. The Balaban J connectivity index is 0.00000312. The first-order chi connectivity index (χ1) is 11.1. The number of aromatic nitrogens is 1. The number of pyridine rings is 1. The molecule has 0 spiro atoms. The van der Waals surface area contributed by atoms with Crippen LogP contribution in [0.25, 0.3) is 10.8 Å². The van der Waals surface area contributed by atoms with Crippen LogP contribution in [0.15, 0.2) is 35.5 Å². The maximum atomic E-state index is 12.2. The molecule has 1 atom stereocenters. The molecule has 0 aliphatic heterocycles. The van der Waals surface area contributed by atoms with E-state index in [1.807, 2.05) is 0 Å². The molecule has 1 heterocycles. The van der Waals surface area contributed by atoms with Gasteiger partial charge in [0.2, 0.25) is 16.0 Å². The highest BCUT2D eigenvalue weighted by Gasteiger charge is 2.22. The third-order valence-electron chi connectivity index (χ3n) is 3.15. The number of nitrogens with zero attached hydrogens (tertiary/aromatic N) is 2. The number of carboxylic acid groups (broad SMARTS) is 1. The first kappa shape index (κ1) is 20.9. The van der Waals surface area contributed by atoms with E-state index < -0.39 is 28.0 Å². The number of carbonyl (C=O) groups is 1. The lowest BCUT2D eigenvalue weighted by atomic mass is 10.1. The number of hydrogen-bond donors (Lipinski definition) is 4. The molecule has 1 aromatic heterocycles. The number of rotatable bonds is 5. The summed E-state index contributed by atoms with van der Waals surface area (Å²) in [4.78, 5) is 14.6. The van der Waals surface area contributed by atoms with Gasteiger partial charge in [0.15, 0.2) is 0 Å². The van der Waals surface area contributed by atoms with Gasteiger partial charge in [-0.3, -0.25) is 15.2 Å². The smallest absolute Gasteiger partial charge is 0.321 e. The topological polar surface area (TPSA) is 149 Å². The molecule has 0 saturated carbocycles. The molecule has 12 heteroatoms. The van der Waals surface area contributed by atoms with Crippen molar-refractivity contribution in [2.45, 2.75) is 17.9 Å². The molecule has 5 N–H and O–H groups in total. The van der Waals surface area contributed by atoms with Crippen LogP contribution in [0, 0.1) is 5.41 Å². The molecule has 0 bridgehead atoms. The highest BCUT2D eigenvalue weighted by Crippen LogP contribution is 2.28. The number of benzene rings is 1. The van der Waals surface area contributed by atoms with Crippen molar-refractivity contribution in [3.8, 4) is 0 Å². The molecule has 9 nitrogen and oxygen atoms in total. The van der Waals surface area contributed by atoms with Crippen LogP contribution in [0.2, 0.25) is 0 Å². The van der Waals surface area contributed by atoms with E-state index >= 15 is 0 Å². The van der Waals surface area contributed by atoms with Gasteiger partial charge < -0.3 is 10.8 Å². The Labute approximate surface area is 154 Å². The minimum absolute atomic E-state index is 0. The maximum absolute atomic E-state index is 12.2. The summed E-state index contributed by atoms with van der Waals surface area (Å²) in [6.45, 7) is 1.22. The van der Waals surface area contributed by atoms with Crippen molar-refractivity contribution in [2.75, 3.05) is 4.42 Å². The van der Waals surface area contributed by atoms with E-state index in [1.165, 1.54) is 37.5 Å². The molecule has 25 heavy (non-hydrogen) atoms. The number of halogens is 2. The Hall–Kier alpha value is -2.14. The fraction of sp³-hybridized carbons (Fsp3) is 0.154. The number of hydrogen-bond acceptors (Lipinski definition) is 5. The average Bonchev–Trinajstić information content (AvgIpc) is 2.52. The standard InChI is InChI=1S/C13H14ClN5O4S.ClH/c1-7(12(20)21)18-24(22,23)9-2-3-10-8(4-9)5-17-6-11(10)19(14)13(15)16;/h2-7,18H,1H3,(H3,15,16)(H,20,21);1H/t7-;/m1./s1. The Morgan fingerprint density at radius 3 is 2.64 bits per heavy atom. The van der Waals surface area contributed by atoms with Crippen molar-refractivity contribution in [1.29, 1.82) is 5.41 Å². The lowest BCUT2D eigenvalue weighted by Crippen LogP contribution is -2.38. The number of nitrogens with two attached hydrogens (primary N) is 1. The van der Waals surface area contributed by atoms with Gasteiger partial charge in [-0.2, -0.15) is 4.72 Å². The summed E-state index contributed by atoms with van der Waals surface area (Å²) in [5.74, 6) is -1.71. The van der Waals surface area contributed by atoms with Crippen molar-refractivity contribution in [3.05, 3.63) is 30.6 Å². The van der Waals surface area contributed by atoms with Crippen LogP contribution in [0.1, 0.15) is 6.92 Å². The summed E-state index contributed by atoms with van der Waals surface area (Å²) in [6, 6.07) is 2.83. The molecule has 2 rings (SSSR count). The second-order valence-electron chi connectivity index (χ2n) is 4.89. The predicted molar refractivity (Wildman–Crippen MR) is 96.7 cm³/mol. The molecule has 0 unspecified atom stereocenters. The molecule has 0 saturated heterocycles. The second kappa shape index (κ2) is 7.83. The summed E-state index contributed by atoms with van der Waals surface area (Å²) in [7, 11) is -4.02. The zero-order valence-corrected chi connectivity index (χ0v) is 15.2. The van der Waals surface area contributed by atoms with Gasteiger partial charge in [-0.15, -0.1) is 12.4 Å². The number of nitrogens with one attached hydrogen (secondary N) is 2. The van der Waals surface area contributed by atoms with Crippen molar-refractivity contribution in [3.63, 3.8) is 0 Å². The van der Waals surface area contributed by atoms with Crippen LogP contribution in [-0.4, -0.2) is 36.5 Å². The van der Waals surface area contributed by atoms with Gasteiger partial charge in [0.1, 0.15) is 6.04 Å². The molecule has 0 radical (unpaired) electrons. The summed E-state index contributed by atoms with van der Waals surface area (Å²) in [5, 5.41) is 17.1. The molecule has 0 aliphatic carbocycles. The number of sulfonamides is 1. The van der Waals surface area contributed by atoms with Crippen LogP contribution in [0.5, 0.6) is 0 Å². The highest BCUT2D eigenvalue weighted by molar-refractivity contribution is 7.89. The lowest BCUT2D eigenvalue weighted by molar-refractivity contribution is -0.138. The number of guanidine groups is 1. The first-order valence-corrected chi connectivity index (χ1v) is 8.38. The second-order valence-corrected chi connectivity index (χ2v) is 6.94. The largest absolute Gasteiger partial charge is 0.480 e. The number of carboxylic acids is 1. The van der Waals surface area contributed by atoms with Gasteiger partial charge in [0.25, 0.3) is 0 Å². The van der Waals surface area contributed by atoms with Crippen molar-refractivity contribution in [1.82, 2.24) is 9.71 Å². The number of anilines is 1. The van der Waals surface area contributed by atoms with Crippen molar-refractivity contribution in [2.24, 2.45) is 5.73 Å². The lowest BCUT2D eigenvalue weighted by Gasteiger charge is -2.16. The third-order valence-corrected chi connectivity index (χ3v) is 5.05. The summed E-state index contributed by atoms with van der Waals surface area (Å²) >= 11 is 5.90.